The third kappa shape index (κ3) is 4.54. The quantitative estimate of drug-likeness (QED) is 0.181. The number of rotatable bonds is 4. The Balaban J connectivity index is 1.15. The van der Waals surface area contributed by atoms with Crippen LogP contribution in [0, 0.1) is 0 Å². The van der Waals surface area contributed by atoms with Gasteiger partial charge in [-0.15, -0.1) is 0 Å². The molecule has 0 N–H and O–H groups in total. The molecule has 5 nitrogen and oxygen atoms in total. The van der Waals surface area contributed by atoms with E-state index in [-0.39, 0.29) is 0 Å². The standard InChI is InChI=1S/C52H32N4O/c1-3-16-33(17-4-1)49-53-50(34-18-5-2-6-19-34)55-51(54-49)40-24-15-27-43-48(40)57-47-31-30-35(56-45-28-13-9-22-38(45)39-23-10-14-29-46(39)56)32-44(47)52(43)41-25-11-7-20-36(41)37-21-8-12-26-42(37)52/h1-32H. The van der Waals surface area contributed by atoms with Crippen molar-refractivity contribution in [2.45, 2.75) is 5.41 Å². The van der Waals surface area contributed by atoms with E-state index in [2.05, 4.69) is 138 Å². The Morgan fingerprint density at radius 1 is 0.386 bits per heavy atom. The highest BCUT2D eigenvalue weighted by Crippen LogP contribution is 2.63. The molecule has 0 unspecified atom stereocenters. The average molecular weight is 729 g/mol. The Bertz CT molecular complexity index is 3070. The van der Waals surface area contributed by atoms with Gasteiger partial charge in [0.05, 0.1) is 22.0 Å². The summed E-state index contributed by atoms with van der Waals surface area (Å²) in [4.78, 5) is 15.3. The summed E-state index contributed by atoms with van der Waals surface area (Å²) in [6, 6.07) is 68.4. The highest BCUT2D eigenvalue weighted by Gasteiger charge is 2.51. The summed E-state index contributed by atoms with van der Waals surface area (Å²) in [5.41, 5.74) is 12.4. The van der Waals surface area contributed by atoms with Gasteiger partial charge in [0, 0.05) is 38.7 Å². The van der Waals surface area contributed by atoms with Crippen LogP contribution in [0.1, 0.15) is 22.3 Å². The molecule has 0 saturated carbocycles. The smallest absolute Gasteiger partial charge is 0.167 e. The third-order valence-electron chi connectivity index (χ3n) is 11.7. The SMILES string of the molecule is c1ccc(-c2nc(-c3ccccc3)nc(-c3cccc4c3Oc3ccc(-n5c6ccccc6c6ccccc65)cc3C43c4ccccc4-c4ccccc43)n2)cc1. The maximum Gasteiger partial charge on any atom is 0.167 e. The second kappa shape index (κ2) is 12.2. The predicted octanol–water partition coefficient (Wildman–Crippen LogP) is 12.4. The first-order chi connectivity index (χ1) is 28.3. The van der Waals surface area contributed by atoms with Gasteiger partial charge in [0.25, 0.3) is 0 Å². The molecule has 0 saturated heterocycles. The second-order valence-corrected chi connectivity index (χ2v) is 14.7. The van der Waals surface area contributed by atoms with Crippen molar-refractivity contribution in [1.82, 2.24) is 19.5 Å². The molecule has 10 aromatic rings. The second-order valence-electron chi connectivity index (χ2n) is 14.7. The van der Waals surface area contributed by atoms with Gasteiger partial charge in [-0.05, 0) is 58.7 Å². The fraction of sp³-hybridized carbons (Fsp3) is 0.0192. The molecular formula is C52H32N4O. The molecule has 0 bridgehead atoms. The first-order valence-corrected chi connectivity index (χ1v) is 19.3. The van der Waals surface area contributed by atoms with Crippen LogP contribution in [0.25, 0.3) is 72.8 Å². The number of hydrogen-bond donors (Lipinski definition) is 0. The highest BCUT2D eigenvalue weighted by molar-refractivity contribution is 6.09. The van der Waals surface area contributed by atoms with Crippen molar-refractivity contribution in [3.05, 3.63) is 216 Å². The lowest BCUT2D eigenvalue weighted by atomic mass is 9.65. The summed E-state index contributed by atoms with van der Waals surface area (Å²) in [7, 11) is 0. The van der Waals surface area contributed by atoms with Gasteiger partial charge in [0.1, 0.15) is 11.5 Å². The number of aromatic nitrogens is 4. The average Bonchev–Trinajstić information content (AvgIpc) is 3.78. The fourth-order valence-electron chi connectivity index (χ4n) is 9.36. The van der Waals surface area contributed by atoms with Crippen LogP contribution in [0.15, 0.2) is 194 Å². The highest BCUT2D eigenvalue weighted by atomic mass is 16.5. The summed E-state index contributed by atoms with van der Waals surface area (Å²) in [6.07, 6.45) is 0. The van der Waals surface area contributed by atoms with Crippen LogP contribution in [-0.2, 0) is 5.41 Å². The normalized spacial score (nSPS) is 13.2. The zero-order valence-corrected chi connectivity index (χ0v) is 30.7. The van der Waals surface area contributed by atoms with Crippen LogP contribution >= 0.6 is 0 Å². The zero-order valence-electron chi connectivity index (χ0n) is 30.7. The Labute approximate surface area is 329 Å². The van der Waals surface area contributed by atoms with E-state index in [1.165, 1.54) is 33.0 Å². The molecule has 57 heavy (non-hydrogen) atoms. The lowest BCUT2D eigenvalue weighted by Gasteiger charge is -2.40. The van der Waals surface area contributed by atoms with E-state index < -0.39 is 5.41 Å². The van der Waals surface area contributed by atoms with Crippen molar-refractivity contribution >= 4 is 21.8 Å². The monoisotopic (exact) mass is 728 g/mol. The molecule has 8 aromatic carbocycles. The van der Waals surface area contributed by atoms with Gasteiger partial charge >= 0.3 is 0 Å². The van der Waals surface area contributed by atoms with Crippen LogP contribution in [0.3, 0.4) is 0 Å². The Hall–Kier alpha value is -7.63. The van der Waals surface area contributed by atoms with E-state index in [0.717, 1.165) is 56.0 Å². The number of benzene rings is 8. The topological polar surface area (TPSA) is 52.8 Å². The summed E-state index contributed by atoms with van der Waals surface area (Å²) in [5, 5.41) is 2.45. The van der Waals surface area contributed by atoms with Crippen molar-refractivity contribution in [1.29, 1.82) is 0 Å². The molecule has 1 spiro atoms. The number of para-hydroxylation sites is 3. The number of ether oxygens (including phenoxy) is 1. The van der Waals surface area contributed by atoms with Crippen LogP contribution < -0.4 is 4.74 Å². The molecule has 2 aromatic heterocycles. The van der Waals surface area contributed by atoms with E-state index in [0.29, 0.717) is 17.5 Å². The maximum atomic E-state index is 7.21. The lowest BCUT2D eigenvalue weighted by molar-refractivity contribution is 0.437. The van der Waals surface area contributed by atoms with Gasteiger partial charge < -0.3 is 9.30 Å². The van der Waals surface area contributed by atoms with Gasteiger partial charge in [-0.2, -0.15) is 0 Å². The molecule has 0 radical (unpaired) electrons. The van der Waals surface area contributed by atoms with Crippen molar-refractivity contribution in [3.8, 4) is 62.5 Å². The van der Waals surface area contributed by atoms with Gasteiger partial charge in [0.2, 0.25) is 0 Å². The molecule has 1 aliphatic heterocycles. The summed E-state index contributed by atoms with van der Waals surface area (Å²) < 4.78 is 9.60. The lowest BCUT2D eigenvalue weighted by Crippen LogP contribution is -2.32. The first-order valence-electron chi connectivity index (χ1n) is 19.3. The van der Waals surface area contributed by atoms with E-state index >= 15 is 0 Å². The fourth-order valence-corrected chi connectivity index (χ4v) is 9.36. The Morgan fingerprint density at radius 2 is 0.877 bits per heavy atom. The largest absolute Gasteiger partial charge is 0.456 e. The summed E-state index contributed by atoms with van der Waals surface area (Å²) in [5.74, 6) is 3.31. The molecular weight excluding hydrogens is 697 g/mol. The molecule has 2 aliphatic rings. The van der Waals surface area contributed by atoms with Crippen LogP contribution in [0.5, 0.6) is 11.5 Å². The first kappa shape index (κ1) is 31.7. The van der Waals surface area contributed by atoms with Crippen molar-refractivity contribution in [2.24, 2.45) is 0 Å². The zero-order chi connectivity index (χ0) is 37.5. The molecule has 1 aliphatic carbocycles. The van der Waals surface area contributed by atoms with E-state index in [9.17, 15) is 0 Å². The summed E-state index contributed by atoms with van der Waals surface area (Å²) in [6.45, 7) is 0. The number of hydrogen-bond acceptors (Lipinski definition) is 4. The van der Waals surface area contributed by atoms with Crippen LogP contribution in [0.2, 0.25) is 0 Å². The molecule has 3 heterocycles. The Morgan fingerprint density at radius 3 is 1.49 bits per heavy atom. The van der Waals surface area contributed by atoms with E-state index in [1.807, 2.05) is 60.7 Å². The van der Waals surface area contributed by atoms with Gasteiger partial charge in [0.15, 0.2) is 17.5 Å². The van der Waals surface area contributed by atoms with Crippen molar-refractivity contribution in [3.63, 3.8) is 0 Å². The minimum Gasteiger partial charge on any atom is -0.456 e. The minimum absolute atomic E-state index is 0.555. The van der Waals surface area contributed by atoms with Gasteiger partial charge in [-0.1, -0.05) is 158 Å². The number of nitrogens with zero attached hydrogens (tertiary/aromatic N) is 4. The van der Waals surface area contributed by atoms with Crippen LogP contribution in [0.4, 0.5) is 0 Å². The van der Waals surface area contributed by atoms with Crippen molar-refractivity contribution in [2.75, 3.05) is 0 Å². The maximum absolute atomic E-state index is 7.21. The number of fused-ring (bicyclic) bond motifs is 12. The predicted molar refractivity (Wildman–Crippen MR) is 228 cm³/mol. The Kier molecular flexibility index (Phi) is 6.78. The molecule has 266 valence electrons. The van der Waals surface area contributed by atoms with Gasteiger partial charge in [-0.3, -0.25) is 0 Å². The van der Waals surface area contributed by atoms with Gasteiger partial charge in [-0.25, -0.2) is 15.0 Å². The molecule has 0 atom stereocenters. The third-order valence-corrected chi connectivity index (χ3v) is 11.7. The van der Waals surface area contributed by atoms with E-state index in [1.54, 1.807) is 0 Å². The summed E-state index contributed by atoms with van der Waals surface area (Å²) >= 11 is 0. The van der Waals surface area contributed by atoms with Crippen molar-refractivity contribution < 1.29 is 4.74 Å². The van der Waals surface area contributed by atoms with E-state index in [4.69, 9.17) is 19.7 Å². The molecule has 0 fully saturated rings. The minimum atomic E-state index is -0.696. The molecule has 12 rings (SSSR count). The van der Waals surface area contributed by atoms with Crippen LogP contribution in [-0.4, -0.2) is 19.5 Å². The molecule has 0 amide bonds. The molecule has 5 heteroatoms.